The summed E-state index contributed by atoms with van der Waals surface area (Å²) in [6.07, 6.45) is 0. The lowest BCUT2D eigenvalue weighted by Crippen LogP contribution is -2.16. The Morgan fingerprint density at radius 1 is 1.53 bits per heavy atom. The number of nitro groups is 1. The second-order valence-electron chi connectivity index (χ2n) is 4.11. The zero-order valence-electron chi connectivity index (χ0n) is 10.5. The van der Waals surface area contributed by atoms with Gasteiger partial charge in [-0.3, -0.25) is 10.1 Å². The lowest BCUT2D eigenvalue weighted by molar-refractivity contribution is -0.385. The molecule has 0 N–H and O–H groups in total. The van der Waals surface area contributed by atoms with Crippen LogP contribution in [0.2, 0.25) is 0 Å². The van der Waals surface area contributed by atoms with Crippen LogP contribution in [0.25, 0.3) is 0 Å². The summed E-state index contributed by atoms with van der Waals surface area (Å²) in [7, 11) is 1.95. The highest BCUT2D eigenvalue weighted by Gasteiger charge is 2.13. The number of nitro benzene ring substituents is 1. The Morgan fingerprint density at radius 2 is 2.26 bits per heavy atom. The maximum Gasteiger partial charge on any atom is 0.282 e. The molecule has 0 fully saturated rings. The number of anilines is 1. The molecule has 2 aromatic rings. The molecule has 0 aliphatic rings. The minimum atomic E-state index is -0.366. The van der Waals surface area contributed by atoms with Crippen LogP contribution in [0, 0.1) is 20.6 Å². The number of nitrogens with zero attached hydrogens (tertiary/aromatic N) is 3. The van der Waals surface area contributed by atoms with Gasteiger partial charge in [0.2, 0.25) is 0 Å². The van der Waals surface area contributed by atoms with Crippen LogP contribution >= 0.6 is 33.9 Å². The number of hydrogen-bond acceptors (Lipinski definition) is 5. The van der Waals surface area contributed by atoms with Crippen LogP contribution in [0.1, 0.15) is 10.7 Å². The fraction of sp³-hybridized carbons (Fsp3) is 0.250. The van der Waals surface area contributed by atoms with E-state index in [4.69, 9.17) is 0 Å². The summed E-state index contributed by atoms with van der Waals surface area (Å²) in [4.78, 5) is 16.8. The normalized spacial score (nSPS) is 10.5. The number of benzene rings is 1. The summed E-state index contributed by atoms with van der Waals surface area (Å²) in [6.45, 7) is 2.67. The van der Waals surface area contributed by atoms with Gasteiger partial charge in [0, 0.05) is 24.2 Å². The first-order chi connectivity index (χ1) is 8.97. The molecule has 0 atom stereocenters. The molecule has 19 heavy (non-hydrogen) atoms. The van der Waals surface area contributed by atoms with Crippen molar-refractivity contribution in [3.63, 3.8) is 0 Å². The quantitative estimate of drug-likeness (QED) is 0.456. The van der Waals surface area contributed by atoms with Crippen LogP contribution in [0.4, 0.5) is 11.4 Å². The molecule has 0 radical (unpaired) electrons. The second kappa shape index (κ2) is 5.83. The summed E-state index contributed by atoms with van der Waals surface area (Å²) in [5.74, 6) is 0. The van der Waals surface area contributed by atoms with E-state index in [9.17, 15) is 10.1 Å². The Morgan fingerprint density at radius 3 is 2.79 bits per heavy atom. The van der Waals surface area contributed by atoms with Gasteiger partial charge in [-0.15, -0.1) is 11.3 Å². The van der Waals surface area contributed by atoms with Crippen molar-refractivity contribution in [1.29, 1.82) is 0 Å². The SMILES string of the molecule is Cc1nc(CN(C)c2ccc([N+](=O)[O-])c(I)c2)cs1. The van der Waals surface area contributed by atoms with Gasteiger partial charge < -0.3 is 4.90 Å². The third-order valence-corrected chi connectivity index (χ3v) is 4.32. The number of halogens is 1. The monoisotopic (exact) mass is 389 g/mol. The summed E-state index contributed by atoms with van der Waals surface area (Å²) in [6, 6.07) is 5.12. The van der Waals surface area contributed by atoms with Gasteiger partial charge in [-0.05, 0) is 41.6 Å². The van der Waals surface area contributed by atoms with E-state index in [1.165, 1.54) is 0 Å². The molecular formula is C12H12IN3O2S. The standard InChI is InChI=1S/C12H12IN3O2S/c1-8-14-9(7-19-8)6-15(2)10-3-4-12(16(17)18)11(13)5-10/h3-5,7H,6H2,1-2H3. The van der Waals surface area contributed by atoms with Gasteiger partial charge in [-0.1, -0.05) is 0 Å². The summed E-state index contributed by atoms with van der Waals surface area (Å²) in [5, 5.41) is 13.8. The van der Waals surface area contributed by atoms with Crippen LogP contribution < -0.4 is 4.90 Å². The molecule has 1 aromatic carbocycles. The zero-order chi connectivity index (χ0) is 14.0. The van der Waals surface area contributed by atoms with Gasteiger partial charge in [0.1, 0.15) is 0 Å². The maximum atomic E-state index is 10.8. The van der Waals surface area contributed by atoms with Crippen molar-refractivity contribution in [2.75, 3.05) is 11.9 Å². The van der Waals surface area contributed by atoms with Gasteiger partial charge >= 0.3 is 0 Å². The number of hydrogen-bond donors (Lipinski definition) is 0. The highest BCUT2D eigenvalue weighted by Crippen LogP contribution is 2.26. The summed E-state index contributed by atoms with van der Waals surface area (Å²) >= 11 is 3.61. The highest BCUT2D eigenvalue weighted by molar-refractivity contribution is 14.1. The molecule has 2 rings (SSSR count). The first-order valence-corrected chi connectivity index (χ1v) is 7.49. The molecule has 0 aliphatic heterocycles. The van der Waals surface area contributed by atoms with E-state index in [-0.39, 0.29) is 10.6 Å². The zero-order valence-corrected chi connectivity index (χ0v) is 13.4. The van der Waals surface area contributed by atoms with Crippen molar-refractivity contribution < 1.29 is 4.92 Å². The van der Waals surface area contributed by atoms with E-state index in [2.05, 4.69) is 4.98 Å². The van der Waals surface area contributed by atoms with Crippen LogP contribution in [-0.4, -0.2) is 17.0 Å². The van der Waals surface area contributed by atoms with Gasteiger partial charge in [0.25, 0.3) is 5.69 Å². The average molecular weight is 389 g/mol. The predicted octanol–water partition coefficient (Wildman–Crippen LogP) is 3.60. The summed E-state index contributed by atoms with van der Waals surface area (Å²) in [5.41, 5.74) is 2.10. The summed E-state index contributed by atoms with van der Waals surface area (Å²) < 4.78 is 0.640. The Labute approximate surface area is 128 Å². The fourth-order valence-electron chi connectivity index (χ4n) is 1.70. The van der Waals surface area contributed by atoms with Gasteiger partial charge in [0.05, 0.1) is 25.7 Å². The van der Waals surface area contributed by atoms with Crippen LogP contribution in [0.3, 0.4) is 0 Å². The molecule has 0 unspecified atom stereocenters. The fourth-order valence-corrected chi connectivity index (χ4v) is 3.00. The Kier molecular flexibility index (Phi) is 4.35. The van der Waals surface area contributed by atoms with Crippen molar-refractivity contribution in [2.24, 2.45) is 0 Å². The molecule has 1 heterocycles. The molecule has 1 aromatic heterocycles. The van der Waals surface area contributed by atoms with Gasteiger partial charge in [0.15, 0.2) is 0 Å². The van der Waals surface area contributed by atoms with Crippen molar-refractivity contribution in [3.05, 3.63) is 48.0 Å². The highest BCUT2D eigenvalue weighted by atomic mass is 127. The van der Waals surface area contributed by atoms with Crippen LogP contribution in [0.15, 0.2) is 23.6 Å². The van der Waals surface area contributed by atoms with E-state index in [1.807, 2.05) is 52.9 Å². The van der Waals surface area contributed by atoms with Crippen LogP contribution in [-0.2, 0) is 6.54 Å². The number of rotatable bonds is 4. The van der Waals surface area contributed by atoms with E-state index in [1.54, 1.807) is 23.5 Å². The molecule has 0 aliphatic carbocycles. The number of thiazole rings is 1. The Hall–Kier alpha value is -1.22. The molecule has 5 nitrogen and oxygen atoms in total. The second-order valence-corrected chi connectivity index (χ2v) is 6.33. The van der Waals surface area contributed by atoms with Crippen molar-refractivity contribution in [3.8, 4) is 0 Å². The maximum absolute atomic E-state index is 10.8. The van der Waals surface area contributed by atoms with E-state index in [0.29, 0.717) is 10.1 Å². The predicted molar refractivity (Wildman–Crippen MR) is 84.8 cm³/mol. The molecule has 7 heteroatoms. The molecule has 0 saturated heterocycles. The molecule has 0 bridgehead atoms. The number of aryl methyl sites for hydroxylation is 1. The minimum absolute atomic E-state index is 0.141. The largest absolute Gasteiger partial charge is 0.369 e. The van der Waals surface area contributed by atoms with E-state index in [0.717, 1.165) is 16.4 Å². The third-order valence-electron chi connectivity index (χ3n) is 2.63. The Bertz CT molecular complexity index is 615. The lowest BCUT2D eigenvalue weighted by Gasteiger charge is -2.18. The minimum Gasteiger partial charge on any atom is -0.369 e. The third kappa shape index (κ3) is 3.41. The lowest BCUT2D eigenvalue weighted by atomic mass is 10.2. The molecule has 100 valence electrons. The molecular weight excluding hydrogens is 377 g/mol. The average Bonchev–Trinajstić information content (AvgIpc) is 2.74. The smallest absolute Gasteiger partial charge is 0.282 e. The van der Waals surface area contributed by atoms with Crippen molar-refractivity contribution in [1.82, 2.24) is 4.98 Å². The molecule has 0 spiro atoms. The van der Waals surface area contributed by atoms with Crippen molar-refractivity contribution in [2.45, 2.75) is 13.5 Å². The van der Waals surface area contributed by atoms with Crippen LogP contribution in [0.5, 0.6) is 0 Å². The Balaban J connectivity index is 2.17. The first-order valence-electron chi connectivity index (χ1n) is 5.53. The van der Waals surface area contributed by atoms with Crippen molar-refractivity contribution >= 4 is 45.3 Å². The molecule has 0 saturated carbocycles. The topological polar surface area (TPSA) is 59.3 Å². The molecule has 0 amide bonds. The van der Waals surface area contributed by atoms with E-state index >= 15 is 0 Å². The van der Waals surface area contributed by atoms with E-state index < -0.39 is 0 Å². The first kappa shape index (κ1) is 14.2. The van der Waals surface area contributed by atoms with Gasteiger partial charge in [-0.25, -0.2) is 4.98 Å². The number of aromatic nitrogens is 1. The van der Waals surface area contributed by atoms with Gasteiger partial charge in [-0.2, -0.15) is 0 Å².